The molecule has 1 amide bonds. The zero-order chi connectivity index (χ0) is 18.8. The highest BCUT2D eigenvalue weighted by molar-refractivity contribution is 5.96. The molecule has 0 saturated carbocycles. The molecule has 4 rings (SSSR count). The van der Waals surface area contributed by atoms with E-state index in [1.54, 1.807) is 0 Å². The molecule has 2 N–H and O–H groups in total. The van der Waals surface area contributed by atoms with E-state index in [9.17, 15) is 4.79 Å². The summed E-state index contributed by atoms with van der Waals surface area (Å²) in [4.78, 5) is 17.3. The molecule has 1 aliphatic carbocycles. The molecule has 2 aliphatic heterocycles. The summed E-state index contributed by atoms with van der Waals surface area (Å²) in [6, 6.07) is 6.33. The molecule has 0 bridgehead atoms. The van der Waals surface area contributed by atoms with Gasteiger partial charge >= 0.3 is 0 Å². The molecule has 2 heterocycles. The van der Waals surface area contributed by atoms with Crippen LogP contribution in [0.1, 0.15) is 22.3 Å². The van der Waals surface area contributed by atoms with Crippen LogP contribution in [0.5, 0.6) is 0 Å². The molecule has 0 spiro atoms. The number of allylic oxidation sites excluding steroid dienone is 2. The van der Waals surface area contributed by atoms with Crippen molar-refractivity contribution in [3.05, 3.63) is 64.6 Å². The number of rotatable bonds is 3. The minimum atomic E-state index is -0.147. The minimum Gasteiger partial charge on any atom is -0.370 e. The quantitative estimate of drug-likeness (QED) is 0.837. The maximum atomic E-state index is 13.1. The van der Waals surface area contributed by atoms with Gasteiger partial charge in [0.2, 0.25) is 0 Å². The van der Waals surface area contributed by atoms with E-state index in [1.807, 2.05) is 42.2 Å². The number of carbonyl (C=O) groups excluding carboxylic acids is 1. The average Bonchev–Trinajstić information content (AvgIpc) is 3.14. The van der Waals surface area contributed by atoms with Gasteiger partial charge in [0.15, 0.2) is 0 Å². The number of amides is 1. The summed E-state index contributed by atoms with van der Waals surface area (Å²) < 4.78 is 5.84. The van der Waals surface area contributed by atoms with E-state index in [1.165, 1.54) is 0 Å². The molecule has 1 aromatic carbocycles. The third kappa shape index (κ3) is 3.78. The van der Waals surface area contributed by atoms with Gasteiger partial charge in [0.25, 0.3) is 5.91 Å². The second-order valence-corrected chi connectivity index (χ2v) is 7.36. The van der Waals surface area contributed by atoms with Crippen molar-refractivity contribution in [3.8, 4) is 0 Å². The molecule has 2 fully saturated rings. The highest BCUT2D eigenvalue weighted by Gasteiger charge is 2.28. The first-order valence-corrected chi connectivity index (χ1v) is 9.52. The number of hydrogen-bond donors (Lipinski definition) is 1. The number of ether oxygens (including phenoxy) is 1. The van der Waals surface area contributed by atoms with Crippen LogP contribution in [0.15, 0.2) is 53.5 Å². The Balaban J connectivity index is 1.49. The average molecular weight is 363 g/mol. The third-order valence-corrected chi connectivity index (χ3v) is 5.40. The molecule has 0 aromatic heterocycles. The summed E-state index contributed by atoms with van der Waals surface area (Å²) in [6.07, 6.45) is 6.57. The molecule has 1 aromatic rings. The predicted octanol–water partition coefficient (Wildman–Crippen LogP) is 2.18. The van der Waals surface area contributed by atoms with Crippen LogP contribution < -0.4 is 10.6 Å². The van der Waals surface area contributed by atoms with Crippen LogP contribution in [0, 0.1) is 6.92 Å². The number of anilines is 1. The molecular formula is C22H25N3O2. The molecule has 140 valence electrons. The molecule has 27 heavy (non-hydrogen) atoms. The van der Waals surface area contributed by atoms with Gasteiger partial charge in [0.05, 0.1) is 13.2 Å². The van der Waals surface area contributed by atoms with E-state index in [4.69, 9.17) is 10.5 Å². The molecule has 5 nitrogen and oxygen atoms in total. The monoisotopic (exact) mass is 363 g/mol. The second kappa shape index (κ2) is 7.59. The Labute approximate surface area is 160 Å². The van der Waals surface area contributed by atoms with E-state index in [0.29, 0.717) is 19.7 Å². The van der Waals surface area contributed by atoms with E-state index < -0.39 is 0 Å². The maximum Gasteiger partial charge on any atom is 0.254 e. The molecule has 0 radical (unpaired) electrons. The van der Waals surface area contributed by atoms with Crippen LogP contribution in [-0.4, -0.2) is 55.7 Å². The van der Waals surface area contributed by atoms with Gasteiger partial charge < -0.3 is 20.3 Å². The summed E-state index contributed by atoms with van der Waals surface area (Å²) in [5.74, 6) is 0.0605. The van der Waals surface area contributed by atoms with Crippen LogP contribution in [0.2, 0.25) is 0 Å². The van der Waals surface area contributed by atoms with Crippen molar-refractivity contribution in [3.63, 3.8) is 0 Å². The first-order chi connectivity index (χ1) is 13.1. The fourth-order valence-corrected chi connectivity index (χ4v) is 3.85. The zero-order valence-corrected chi connectivity index (χ0v) is 15.6. The molecular weight excluding hydrogens is 338 g/mol. The minimum absolute atomic E-state index is 0.0605. The number of morpholine rings is 1. The van der Waals surface area contributed by atoms with Gasteiger partial charge in [-0.25, -0.2) is 0 Å². The van der Waals surface area contributed by atoms with Gasteiger partial charge in [0, 0.05) is 42.5 Å². The lowest BCUT2D eigenvalue weighted by Crippen LogP contribution is -2.46. The van der Waals surface area contributed by atoms with Crippen molar-refractivity contribution >= 4 is 11.6 Å². The van der Waals surface area contributed by atoms with Gasteiger partial charge in [0.1, 0.15) is 6.10 Å². The van der Waals surface area contributed by atoms with Crippen molar-refractivity contribution in [2.75, 3.05) is 37.7 Å². The summed E-state index contributed by atoms with van der Waals surface area (Å²) in [6.45, 7) is 5.53. The SMILES string of the molecule is Cc1cc(N2CCC(N)C2)ccc1C(=O)N1CCOC(C2=C=C=CC=C2)C1. The van der Waals surface area contributed by atoms with Gasteiger partial charge in [-0.15, -0.1) is 0 Å². The summed E-state index contributed by atoms with van der Waals surface area (Å²) in [7, 11) is 0. The van der Waals surface area contributed by atoms with Crippen molar-refractivity contribution < 1.29 is 9.53 Å². The summed E-state index contributed by atoms with van der Waals surface area (Å²) in [5.41, 5.74) is 15.9. The number of hydrogen-bond acceptors (Lipinski definition) is 4. The highest BCUT2D eigenvalue weighted by atomic mass is 16.5. The predicted molar refractivity (Wildman–Crippen MR) is 106 cm³/mol. The van der Waals surface area contributed by atoms with Gasteiger partial charge in [-0.3, -0.25) is 4.79 Å². The van der Waals surface area contributed by atoms with Crippen LogP contribution in [0.3, 0.4) is 0 Å². The lowest BCUT2D eigenvalue weighted by atomic mass is 10.0. The van der Waals surface area contributed by atoms with Crippen LogP contribution in [0.4, 0.5) is 5.69 Å². The van der Waals surface area contributed by atoms with Crippen LogP contribution in [-0.2, 0) is 4.74 Å². The second-order valence-electron chi connectivity index (χ2n) is 7.36. The van der Waals surface area contributed by atoms with Crippen molar-refractivity contribution in [2.24, 2.45) is 5.73 Å². The summed E-state index contributed by atoms with van der Waals surface area (Å²) in [5, 5.41) is 0. The normalized spacial score (nSPS) is 24.4. The Morgan fingerprint density at radius 2 is 2.19 bits per heavy atom. The standard InChI is InChI=1S/C22H25N3O2/c1-16-13-19(24-10-9-18(23)14-24)7-8-20(16)22(26)25-11-12-27-21(15-25)17-5-3-2-4-6-17/h2-3,5,7-8,13,18,21H,9-12,14-15,23H2,1H3. The Kier molecular flexibility index (Phi) is 5.02. The lowest BCUT2D eigenvalue weighted by molar-refractivity contribution is -0.00309. The molecule has 2 unspecified atom stereocenters. The molecule has 5 heteroatoms. The van der Waals surface area contributed by atoms with Crippen LogP contribution >= 0.6 is 0 Å². The van der Waals surface area contributed by atoms with Crippen molar-refractivity contribution in [2.45, 2.75) is 25.5 Å². The number of nitrogens with zero attached hydrogens (tertiary/aromatic N) is 2. The Morgan fingerprint density at radius 3 is 2.89 bits per heavy atom. The molecule has 2 atom stereocenters. The fourth-order valence-electron chi connectivity index (χ4n) is 3.85. The molecule has 2 saturated heterocycles. The lowest BCUT2D eigenvalue weighted by Gasteiger charge is -2.33. The largest absolute Gasteiger partial charge is 0.370 e. The van der Waals surface area contributed by atoms with E-state index in [2.05, 4.69) is 22.4 Å². The van der Waals surface area contributed by atoms with Gasteiger partial charge in [-0.1, -0.05) is 17.5 Å². The first kappa shape index (κ1) is 17.8. The van der Waals surface area contributed by atoms with Gasteiger partial charge in [-0.2, -0.15) is 0 Å². The Hall–Kier alpha value is -2.55. The number of carbonyl (C=O) groups is 1. The Bertz CT molecular complexity index is 876. The van der Waals surface area contributed by atoms with E-state index in [-0.39, 0.29) is 18.1 Å². The zero-order valence-electron chi connectivity index (χ0n) is 15.6. The number of aryl methyl sites for hydroxylation is 1. The van der Waals surface area contributed by atoms with Crippen molar-refractivity contribution in [1.29, 1.82) is 0 Å². The van der Waals surface area contributed by atoms with E-state index >= 15 is 0 Å². The Morgan fingerprint density at radius 1 is 1.30 bits per heavy atom. The topological polar surface area (TPSA) is 58.8 Å². The summed E-state index contributed by atoms with van der Waals surface area (Å²) >= 11 is 0. The van der Waals surface area contributed by atoms with Crippen LogP contribution in [0.25, 0.3) is 0 Å². The van der Waals surface area contributed by atoms with Crippen molar-refractivity contribution in [1.82, 2.24) is 4.90 Å². The van der Waals surface area contributed by atoms with Gasteiger partial charge in [-0.05, 0) is 49.3 Å². The number of nitrogens with two attached hydrogens (primary N) is 1. The smallest absolute Gasteiger partial charge is 0.254 e. The number of benzene rings is 1. The van der Waals surface area contributed by atoms with E-state index in [0.717, 1.165) is 41.9 Å². The third-order valence-electron chi connectivity index (χ3n) is 5.40. The maximum absolute atomic E-state index is 13.1. The molecule has 3 aliphatic rings. The first-order valence-electron chi connectivity index (χ1n) is 9.52. The highest BCUT2D eigenvalue weighted by Crippen LogP contribution is 2.25. The fraction of sp³-hybridized carbons (Fsp3) is 0.409.